The molecule has 4 rings (SSSR count). The zero-order chi connectivity index (χ0) is 21.8. The van der Waals surface area contributed by atoms with Crippen LogP contribution in [-0.4, -0.2) is 22.0 Å². The van der Waals surface area contributed by atoms with E-state index in [1.807, 2.05) is 67.6 Å². The molecule has 0 saturated carbocycles. The highest BCUT2D eigenvalue weighted by molar-refractivity contribution is 6.42. The second kappa shape index (κ2) is 9.54. The van der Waals surface area contributed by atoms with E-state index in [0.29, 0.717) is 28.7 Å². The molecule has 4 nitrogen and oxygen atoms in total. The molecule has 0 bridgehead atoms. The van der Waals surface area contributed by atoms with E-state index in [-0.39, 0.29) is 5.91 Å². The van der Waals surface area contributed by atoms with Gasteiger partial charge in [-0.2, -0.15) is 0 Å². The maximum Gasteiger partial charge on any atom is 0.251 e. The number of halogens is 2. The minimum Gasteiger partial charge on any atom is -0.352 e. The highest BCUT2D eigenvalue weighted by atomic mass is 35.5. The Bertz CT molecular complexity index is 1230. The molecule has 3 aromatic carbocycles. The topological polar surface area (TPSA) is 46.9 Å². The Hall–Kier alpha value is -2.82. The molecule has 0 aliphatic heterocycles. The number of aryl methyl sites for hydroxylation is 2. The molecule has 1 aromatic heterocycles. The first-order valence-electron chi connectivity index (χ1n) is 10.2. The lowest BCUT2D eigenvalue weighted by Crippen LogP contribution is -2.25. The summed E-state index contributed by atoms with van der Waals surface area (Å²) in [5.41, 5.74) is 4.86. The average molecular weight is 452 g/mol. The van der Waals surface area contributed by atoms with Crippen LogP contribution in [0.25, 0.3) is 11.0 Å². The van der Waals surface area contributed by atoms with E-state index in [4.69, 9.17) is 28.2 Å². The Morgan fingerprint density at radius 2 is 1.84 bits per heavy atom. The zero-order valence-corrected chi connectivity index (χ0v) is 18.7. The first-order valence-corrected chi connectivity index (χ1v) is 11.0. The van der Waals surface area contributed by atoms with Gasteiger partial charge in [0.2, 0.25) is 0 Å². The normalized spacial score (nSPS) is 11.1. The van der Waals surface area contributed by atoms with Gasteiger partial charge in [0.05, 0.1) is 21.1 Å². The summed E-state index contributed by atoms with van der Waals surface area (Å²) in [5, 5.41) is 4.10. The van der Waals surface area contributed by atoms with Crippen molar-refractivity contribution in [1.29, 1.82) is 0 Å². The Balaban J connectivity index is 1.46. The SMILES string of the molecule is Cc1cccc(C(=O)NCCCc2nc3ccccc3n2Cc2ccc(Cl)c(Cl)c2)c1. The predicted octanol–water partition coefficient (Wildman–Crippen LogP) is 6.06. The second-order valence-corrected chi connectivity index (χ2v) is 8.39. The van der Waals surface area contributed by atoms with Gasteiger partial charge in [0.15, 0.2) is 0 Å². The van der Waals surface area contributed by atoms with Crippen molar-refractivity contribution in [2.45, 2.75) is 26.3 Å². The van der Waals surface area contributed by atoms with Crippen molar-refractivity contribution in [2.75, 3.05) is 6.54 Å². The Morgan fingerprint density at radius 3 is 2.65 bits per heavy atom. The Kier molecular flexibility index (Phi) is 6.59. The summed E-state index contributed by atoms with van der Waals surface area (Å²) in [6, 6.07) is 21.4. The number of carbonyl (C=O) groups excluding carboxylic acids is 1. The fraction of sp³-hybridized carbons (Fsp3) is 0.200. The monoisotopic (exact) mass is 451 g/mol. The number of benzene rings is 3. The highest BCUT2D eigenvalue weighted by Crippen LogP contribution is 2.25. The molecule has 0 saturated heterocycles. The van der Waals surface area contributed by atoms with Crippen LogP contribution in [0.15, 0.2) is 66.7 Å². The molecule has 0 fully saturated rings. The van der Waals surface area contributed by atoms with Crippen LogP contribution in [-0.2, 0) is 13.0 Å². The van der Waals surface area contributed by atoms with Crippen molar-refractivity contribution < 1.29 is 4.79 Å². The van der Waals surface area contributed by atoms with Gasteiger partial charge in [0.25, 0.3) is 5.91 Å². The quantitative estimate of drug-likeness (QED) is 0.347. The molecule has 0 spiro atoms. The predicted molar refractivity (Wildman–Crippen MR) is 127 cm³/mol. The standard InChI is InChI=1S/C25H23Cl2N3O/c1-17-6-4-7-19(14-17)25(31)28-13-5-10-24-29-22-8-2-3-9-23(22)30(24)16-18-11-12-20(26)21(27)15-18/h2-4,6-9,11-12,14-15H,5,10,13,16H2,1H3,(H,28,31). The largest absolute Gasteiger partial charge is 0.352 e. The van der Waals surface area contributed by atoms with Crippen molar-refractivity contribution in [1.82, 2.24) is 14.9 Å². The van der Waals surface area contributed by atoms with Crippen LogP contribution < -0.4 is 5.32 Å². The number of nitrogens with zero attached hydrogens (tertiary/aromatic N) is 2. The number of imidazole rings is 1. The number of rotatable bonds is 7. The third kappa shape index (κ3) is 5.09. The van der Waals surface area contributed by atoms with E-state index in [1.165, 1.54) is 0 Å². The molecule has 0 radical (unpaired) electrons. The van der Waals surface area contributed by atoms with Gasteiger partial charge in [0, 0.05) is 25.1 Å². The molecule has 4 aromatic rings. The Labute approximate surface area is 191 Å². The van der Waals surface area contributed by atoms with Crippen LogP contribution in [0.2, 0.25) is 10.0 Å². The van der Waals surface area contributed by atoms with Crippen LogP contribution in [0.3, 0.4) is 0 Å². The number of hydrogen-bond donors (Lipinski definition) is 1. The number of amides is 1. The average Bonchev–Trinajstić information content (AvgIpc) is 3.11. The molecule has 0 atom stereocenters. The van der Waals surface area contributed by atoms with Crippen LogP contribution >= 0.6 is 23.2 Å². The summed E-state index contributed by atoms with van der Waals surface area (Å²) in [6.45, 7) is 3.22. The molecule has 0 aliphatic rings. The molecule has 1 N–H and O–H groups in total. The summed E-state index contributed by atoms with van der Waals surface area (Å²) in [5.74, 6) is 0.935. The minimum atomic E-state index is -0.0481. The van der Waals surface area contributed by atoms with Crippen molar-refractivity contribution in [3.05, 3.63) is 99.3 Å². The number of para-hydroxylation sites is 2. The van der Waals surface area contributed by atoms with Gasteiger partial charge in [-0.25, -0.2) is 4.98 Å². The molecule has 31 heavy (non-hydrogen) atoms. The third-order valence-electron chi connectivity index (χ3n) is 5.20. The molecule has 1 heterocycles. The van der Waals surface area contributed by atoms with E-state index in [2.05, 4.69) is 16.0 Å². The van der Waals surface area contributed by atoms with E-state index < -0.39 is 0 Å². The van der Waals surface area contributed by atoms with Crippen LogP contribution in [0.5, 0.6) is 0 Å². The third-order valence-corrected chi connectivity index (χ3v) is 5.94. The van der Waals surface area contributed by atoms with E-state index in [9.17, 15) is 4.79 Å². The summed E-state index contributed by atoms with van der Waals surface area (Å²) in [7, 11) is 0. The first kappa shape index (κ1) is 21.4. The van der Waals surface area contributed by atoms with E-state index in [1.54, 1.807) is 0 Å². The molecular formula is C25H23Cl2N3O. The minimum absolute atomic E-state index is 0.0481. The number of carbonyl (C=O) groups is 1. The van der Waals surface area contributed by atoms with Crippen LogP contribution in [0.4, 0.5) is 0 Å². The molecule has 1 amide bonds. The smallest absolute Gasteiger partial charge is 0.251 e. The van der Waals surface area contributed by atoms with Crippen molar-refractivity contribution in [3.63, 3.8) is 0 Å². The number of nitrogens with one attached hydrogen (secondary N) is 1. The van der Waals surface area contributed by atoms with Crippen LogP contribution in [0.1, 0.15) is 33.7 Å². The Morgan fingerprint density at radius 1 is 1.00 bits per heavy atom. The fourth-order valence-corrected chi connectivity index (χ4v) is 3.97. The lowest BCUT2D eigenvalue weighted by atomic mass is 10.1. The van der Waals surface area contributed by atoms with Crippen molar-refractivity contribution in [2.24, 2.45) is 0 Å². The molecule has 6 heteroatoms. The molecule has 0 unspecified atom stereocenters. The summed E-state index contributed by atoms with van der Waals surface area (Å²) < 4.78 is 2.21. The highest BCUT2D eigenvalue weighted by Gasteiger charge is 2.12. The van der Waals surface area contributed by atoms with Gasteiger partial charge in [-0.05, 0) is 55.3 Å². The maximum absolute atomic E-state index is 12.4. The molecular weight excluding hydrogens is 429 g/mol. The zero-order valence-electron chi connectivity index (χ0n) is 17.2. The van der Waals surface area contributed by atoms with Crippen molar-refractivity contribution >= 4 is 40.1 Å². The number of hydrogen-bond acceptors (Lipinski definition) is 2. The first-order chi connectivity index (χ1) is 15.0. The van der Waals surface area contributed by atoms with Crippen LogP contribution in [0, 0.1) is 6.92 Å². The summed E-state index contributed by atoms with van der Waals surface area (Å²) >= 11 is 12.3. The van der Waals surface area contributed by atoms with Gasteiger partial charge in [-0.1, -0.05) is 59.1 Å². The second-order valence-electron chi connectivity index (χ2n) is 7.58. The number of aromatic nitrogens is 2. The van der Waals surface area contributed by atoms with Gasteiger partial charge in [-0.3, -0.25) is 4.79 Å². The lowest BCUT2D eigenvalue weighted by molar-refractivity contribution is 0.0953. The molecule has 0 aliphatic carbocycles. The van der Waals surface area contributed by atoms with E-state index in [0.717, 1.165) is 40.8 Å². The van der Waals surface area contributed by atoms with Gasteiger partial charge in [0.1, 0.15) is 5.82 Å². The van der Waals surface area contributed by atoms with Gasteiger partial charge < -0.3 is 9.88 Å². The molecule has 158 valence electrons. The lowest BCUT2D eigenvalue weighted by Gasteiger charge is -2.11. The van der Waals surface area contributed by atoms with Crippen molar-refractivity contribution in [3.8, 4) is 0 Å². The maximum atomic E-state index is 12.4. The van der Waals surface area contributed by atoms with Gasteiger partial charge >= 0.3 is 0 Å². The number of fused-ring (bicyclic) bond motifs is 1. The van der Waals surface area contributed by atoms with E-state index >= 15 is 0 Å². The van der Waals surface area contributed by atoms with Gasteiger partial charge in [-0.15, -0.1) is 0 Å². The summed E-state index contributed by atoms with van der Waals surface area (Å²) in [6.07, 6.45) is 1.55. The fourth-order valence-electron chi connectivity index (χ4n) is 3.65. The summed E-state index contributed by atoms with van der Waals surface area (Å²) in [4.78, 5) is 17.2.